The Bertz CT molecular complexity index is 363. The molecule has 1 aliphatic rings. The Hall–Kier alpha value is -0.670. The van der Waals surface area contributed by atoms with E-state index in [-0.39, 0.29) is 5.60 Å². The van der Waals surface area contributed by atoms with Gasteiger partial charge in [0.05, 0.1) is 0 Å². The number of aromatic nitrogens is 2. The van der Waals surface area contributed by atoms with Crippen LogP contribution >= 0.6 is 11.6 Å². The van der Waals surface area contributed by atoms with E-state index >= 15 is 0 Å². The predicted molar refractivity (Wildman–Crippen MR) is 68.2 cm³/mol. The molecule has 0 saturated heterocycles. The van der Waals surface area contributed by atoms with Crippen molar-refractivity contribution in [3.63, 3.8) is 0 Å². The lowest BCUT2D eigenvalue weighted by Gasteiger charge is -2.35. The minimum absolute atomic E-state index is 0.303. The zero-order chi connectivity index (χ0) is 12.3. The van der Waals surface area contributed by atoms with Gasteiger partial charge in [-0.15, -0.1) is 0 Å². The van der Waals surface area contributed by atoms with Crippen molar-refractivity contribution in [2.24, 2.45) is 0 Å². The Morgan fingerprint density at radius 3 is 2.59 bits per heavy atom. The topological polar surface area (TPSA) is 35.0 Å². The van der Waals surface area contributed by atoms with Crippen molar-refractivity contribution in [2.45, 2.75) is 51.6 Å². The van der Waals surface area contributed by atoms with Gasteiger partial charge in [-0.2, -0.15) is 0 Å². The number of hydrogen-bond donors (Lipinski definition) is 0. The molecule has 0 bridgehead atoms. The largest absolute Gasteiger partial charge is 0.367 e. The van der Waals surface area contributed by atoms with Crippen LogP contribution in [-0.2, 0) is 10.3 Å². The van der Waals surface area contributed by atoms with Crippen molar-refractivity contribution in [3.05, 3.63) is 22.7 Å². The standard InChI is InChI=1S/C13H19ClN2O/c1-3-17-13(7-5-4-6-8-13)12-15-10(2)9-11(14)16-12/h9H,3-8H2,1-2H3. The molecule has 0 N–H and O–H groups in total. The molecule has 0 radical (unpaired) electrons. The van der Waals surface area contributed by atoms with E-state index in [1.807, 2.05) is 13.8 Å². The number of aryl methyl sites for hydroxylation is 1. The molecular formula is C13H19ClN2O. The van der Waals surface area contributed by atoms with Crippen LogP contribution in [0.25, 0.3) is 0 Å². The first-order chi connectivity index (χ1) is 8.16. The summed E-state index contributed by atoms with van der Waals surface area (Å²) in [5.41, 5.74) is 0.604. The summed E-state index contributed by atoms with van der Waals surface area (Å²) in [4.78, 5) is 8.91. The summed E-state index contributed by atoms with van der Waals surface area (Å²) in [6, 6.07) is 1.79. The van der Waals surface area contributed by atoms with E-state index in [1.54, 1.807) is 6.07 Å². The fourth-order valence-corrected chi connectivity index (χ4v) is 2.80. The second kappa shape index (κ2) is 5.32. The fraction of sp³-hybridized carbons (Fsp3) is 0.692. The maximum Gasteiger partial charge on any atom is 0.162 e. The summed E-state index contributed by atoms with van der Waals surface area (Å²) in [5, 5.41) is 0.511. The molecule has 2 rings (SSSR count). The van der Waals surface area contributed by atoms with Crippen LogP contribution in [0.2, 0.25) is 5.15 Å². The monoisotopic (exact) mass is 254 g/mol. The van der Waals surface area contributed by atoms with Gasteiger partial charge in [-0.25, -0.2) is 9.97 Å². The van der Waals surface area contributed by atoms with Gasteiger partial charge in [-0.05, 0) is 32.8 Å². The van der Waals surface area contributed by atoms with Gasteiger partial charge in [0.25, 0.3) is 0 Å². The van der Waals surface area contributed by atoms with Gasteiger partial charge in [-0.3, -0.25) is 0 Å². The van der Waals surface area contributed by atoms with Crippen molar-refractivity contribution in [1.82, 2.24) is 9.97 Å². The van der Waals surface area contributed by atoms with Crippen LogP contribution in [0.15, 0.2) is 6.07 Å². The lowest BCUT2D eigenvalue weighted by molar-refractivity contribution is -0.0767. The summed E-state index contributed by atoms with van der Waals surface area (Å²) < 4.78 is 5.98. The molecule has 1 fully saturated rings. The third kappa shape index (κ3) is 2.78. The third-order valence-electron chi connectivity index (χ3n) is 3.31. The normalized spacial score (nSPS) is 19.2. The fourth-order valence-electron chi connectivity index (χ4n) is 2.57. The Morgan fingerprint density at radius 2 is 2.00 bits per heavy atom. The van der Waals surface area contributed by atoms with Crippen molar-refractivity contribution in [1.29, 1.82) is 0 Å². The van der Waals surface area contributed by atoms with Gasteiger partial charge in [0.1, 0.15) is 10.8 Å². The van der Waals surface area contributed by atoms with E-state index in [2.05, 4.69) is 9.97 Å². The zero-order valence-electron chi connectivity index (χ0n) is 10.5. The van der Waals surface area contributed by atoms with Crippen LogP contribution in [0.1, 0.15) is 50.5 Å². The predicted octanol–water partition coefficient (Wildman–Crippen LogP) is 3.63. The summed E-state index contributed by atoms with van der Waals surface area (Å²) in [6.45, 7) is 4.65. The van der Waals surface area contributed by atoms with E-state index in [0.29, 0.717) is 11.8 Å². The highest BCUT2D eigenvalue weighted by Gasteiger charge is 2.37. The third-order valence-corrected chi connectivity index (χ3v) is 3.51. The molecule has 1 aliphatic carbocycles. The van der Waals surface area contributed by atoms with Gasteiger partial charge in [0.2, 0.25) is 0 Å². The number of rotatable bonds is 3. The molecule has 3 nitrogen and oxygen atoms in total. The molecule has 94 valence electrons. The number of halogens is 1. The van der Waals surface area contributed by atoms with Crippen LogP contribution in [0.5, 0.6) is 0 Å². The Balaban J connectivity index is 2.37. The second-order valence-electron chi connectivity index (χ2n) is 4.64. The van der Waals surface area contributed by atoms with Gasteiger partial charge in [-0.1, -0.05) is 30.9 Å². The van der Waals surface area contributed by atoms with E-state index in [9.17, 15) is 0 Å². The molecule has 1 aromatic rings. The van der Waals surface area contributed by atoms with E-state index in [0.717, 1.165) is 24.4 Å². The first-order valence-corrected chi connectivity index (χ1v) is 6.70. The van der Waals surface area contributed by atoms with Gasteiger partial charge in [0, 0.05) is 12.3 Å². The Morgan fingerprint density at radius 1 is 1.29 bits per heavy atom. The average Bonchev–Trinajstić information content (AvgIpc) is 2.29. The first kappa shape index (κ1) is 12.8. The smallest absolute Gasteiger partial charge is 0.162 e. The average molecular weight is 255 g/mol. The number of nitrogens with zero attached hydrogens (tertiary/aromatic N) is 2. The summed E-state index contributed by atoms with van der Waals surface area (Å²) in [7, 11) is 0. The van der Waals surface area contributed by atoms with Crippen LogP contribution < -0.4 is 0 Å². The zero-order valence-corrected chi connectivity index (χ0v) is 11.3. The van der Waals surface area contributed by atoms with Gasteiger partial charge < -0.3 is 4.74 Å². The molecule has 0 atom stereocenters. The molecule has 0 amide bonds. The summed E-state index contributed by atoms with van der Waals surface area (Å²) >= 11 is 6.02. The van der Waals surface area contributed by atoms with Crippen molar-refractivity contribution in [3.8, 4) is 0 Å². The maximum absolute atomic E-state index is 6.02. The second-order valence-corrected chi connectivity index (χ2v) is 5.03. The van der Waals surface area contributed by atoms with E-state index in [1.165, 1.54) is 19.3 Å². The van der Waals surface area contributed by atoms with Crippen molar-refractivity contribution < 1.29 is 4.74 Å². The van der Waals surface area contributed by atoms with Gasteiger partial charge >= 0.3 is 0 Å². The van der Waals surface area contributed by atoms with Crippen LogP contribution in [-0.4, -0.2) is 16.6 Å². The first-order valence-electron chi connectivity index (χ1n) is 6.32. The molecule has 0 unspecified atom stereocenters. The molecular weight excluding hydrogens is 236 g/mol. The van der Waals surface area contributed by atoms with Crippen LogP contribution in [0.3, 0.4) is 0 Å². The van der Waals surface area contributed by atoms with E-state index in [4.69, 9.17) is 16.3 Å². The van der Waals surface area contributed by atoms with E-state index < -0.39 is 0 Å². The summed E-state index contributed by atoms with van der Waals surface area (Å²) in [5.74, 6) is 0.768. The molecule has 0 spiro atoms. The minimum Gasteiger partial charge on any atom is -0.367 e. The summed E-state index contributed by atoms with van der Waals surface area (Å²) in [6.07, 6.45) is 5.62. The molecule has 0 aromatic carbocycles. The lowest BCUT2D eigenvalue weighted by Crippen LogP contribution is -2.34. The highest BCUT2D eigenvalue weighted by Crippen LogP contribution is 2.39. The van der Waals surface area contributed by atoms with Crippen molar-refractivity contribution in [2.75, 3.05) is 6.61 Å². The molecule has 17 heavy (non-hydrogen) atoms. The maximum atomic E-state index is 6.02. The molecule has 0 aliphatic heterocycles. The van der Waals surface area contributed by atoms with Crippen LogP contribution in [0.4, 0.5) is 0 Å². The SMILES string of the molecule is CCOC1(c2nc(C)cc(Cl)n2)CCCCC1. The Labute approximate surface area is 108 Å². The molecule has 1 aromatic heterocycles. The highest BCUT2D eigenvalue weighted by atomic mass is 35.5. The molecule has 1 heterocycles. The number of hydrogen-bond acceptors (Lipinski definition) is 3. The highest BCUT2D eigenvalue weighted by molar-refractivity contribution is 6.29. The van der Waals surface area contributed by atoms with Gasteiger partial charge in [0.15, 0.2) is 5.82 Å². The quantitative estimate of drug-likeness (QED) is 0.773. The molecule has 1 saturated carbocycles. The Kier molecular flexibility index (Phi) is 4.00. The van der Waals surface area contributed by atoms with Crippen LogP contribution in [0, 0.1) is 6.92 Å². The number of ether oxygens (including phenoxy) is 1. The lowest BCUT2D eigenvalue weighted by atomic mass is 9.84. The molecule has 4 heteroatoms. The minimum atomic E-state index is -0.303. The van der Waals surface area contributed by atoms with Crippen molar-refractivity contribution >= 4 is 11.6 Å².